The van der Waals surface area contributed by atoms with Crippen molar-refractivity contribution in [2.75, 3.05) is 11.4 Å². The SMILES string of the molecule is CC12CC(CC(=O)N1c1cccc(C(=O)NCCc3ccccc3)c1)c1cccc(OCc3ccccc3)c1O2. The summed E-state index contributed by atoms with van der Waals surface area (Å²) in [5.41, 5.74) is 3.47. The van der Waals surface area contributed by atoms with Crippen molar-refractivity contribution >= 4 is 17.5 Å². The van der Waals surface area contributed by atoms with E-state index in [2.05, 4.69) is 5.32 Å². The number of nitrogens with one attached hydrogen (secondary N) is 1. The Bertz CT molecular complexity index is 1520. The number of carbonyl (C=O) groups is 2. The number of ether oxygens (including phenoxy) is 2. The van der Waals surface area contributed by atoms with Crippen molar-refractivity contribution in [1.82, 2.24) is 5.32 Å². The van der Waals surface area contributed by atoms with Crippen molar-refractivity contribution in [2.45, 2.75) is 44.4 Å². The number of rotatable bonds is 8. The number of carbonyl (C=O) groups excluding carboxylic acids is 2. The first-order chi connectivity index (χ1) is 19.5. The minimum atomic E-state index is -0.915. The van der Waals surface area contributed by atoms with Crippen molar-refractivity contribution in [3.05, 3.63) is 125 Å². The first-order valence-electron chi connectivity index (χ1n) is 13.7. The lowest BCUT2D eigenvalue weighted by atomic mass is 9.80. The fraction of sp³-hybridized carbons (Fsp3) is 0.235. The molecule has 2 aliphatic rings. The van der Waals surface area contributed by atoms with Crippen LogP contribution in [0.5, 0.6) is 11.5 Å². The van der Waals surface area contributed by atoms with E-state index in [1.165, 1.54) is 5.56 Å². The molecule has 4 aromatic rings. The van der Waals surface area contributed by atoms with Gasteiger partial charge in [0.05, 0.1) is 0 Å². The highest BCUT2D eigenvalue weighted by molar-refractivity contribution is 5.99. The van der Waals surface area contributed by atoms with Crippen molar-refractivity contribution in [1.29, 1.82) is 0 Å². The molecule has 1 N–H and O–H groups in total. The van der Waals surface area contributed by atoms with Crippen molar-refractivity contribution in [3.63, 3.8) is 0 Å². The fourth-order valence-corrected chi connectivity index (χ4v) is 5.80. The van der Waals surface area contributed by atoms with Gasteiger partial charge in [-0.05, 0) is 48.7 Å². The van der Waals surface area contributed by atoms with Gasteiger partial charge < -0.3 is 14.8 Å². The molecule has 1 fully saturated rings. The third-order valence-corrected chi connectivity index (χ3v) is 7.69. The molecule has 202 valence electrons. The number of benzene rings is 4. The lowest BCUT2D eigenvalue weighted by Crippen LogP contribution is -2.60. The Balaban J connectivity index is 1.22. The second-order valence-corrected chi connectivity index (χ2v) is 10.6. The van der Waals surface area contributed by atoms with Gasteiger partial charge in [0.2, 0.25) is 5.91 Å². The molecule has 2 heterocycles. The van der Waals surface area contributed by atoms with Crippen LogP contribution in [-0.2, 0) is 17.8 Å². The smallest absolute Gasteiger partial charge is 0.251 e. The van der Waals surface area contributed by atoms with E-state index >= 15 is 0 Å². The number of amides is 2. The summed E-state index contributed by atoms with van der Waals surface area (Å²) in [4.78, 5) is 28.2. The van der Waals surface area contributed by atoms with E-state index in [0.29, 0.717) is 48.7 Å². The Hall–Kier alpha value is -4.58. The Morgan fingerprint density at radius 1 is 0.950 bits per heavy atom. The topological polar surface area (TPSA) is 67.9 Å². The Labute approximate surface area is 234 Å². The molecule has 4 aromatic carbocycles. The highest BCUT2D eigenvalue weighted by Gasteiger charge is 2.50. The summed E-state index contributed by atoms with van der Waals surface area (Å²) in [7, 11) is 0. The maximum Gasteiger partial charge on any atom is 0.251 e. The number of para-hydroxylation sites is 1. The first-order valence-corrected chi connectivity index (χ1v) is 13.7. The van der Waals surface area contributed by atoms with Gasteiger partial charge in [0, 0.05) is 42.1 Å². The van der Waals surface area contributed by atoms with Crippen LogP contribution in [0.2, 0.25) is 0 Å². The maximum absolute atomic E-state index is 13.5. The normalized spacial score (nSPS) is 19.4. The second-order valence-electron chi connectivity index (χ2n) is 10.6. The molecule has 0 spiro atoms. The predicted octanol–water partition coefficient (Wildman–Crippen LogP) is 6.26. The molecule has 2 aliphatic heterocycles. The summed E-state index contributed by atoms with van der Waals surface area (Å²) in [6.45, 7) is 2.90. The van der Waals surface area contributed by atoms with E-state index in [4.69, 9.17) is 9.47 Å². The summed E-state index contributed by atoms with van der Waals surface area (Å²) >= 11 is 0. The Morgan fingerprint density at radius 3 is 2.45 bits per heavy atom. The third-order valence-electron chi connectivity index (χ3n) is 7.69. The van der Waals surface area contributed by atoms with Gasteiger partial charge >= 0.3 is 0 Å². The molecule has 0 radical (unpaired) electrons. The monoisotopic (exact) mass is 532 g/mol. The minimum Gasteiger partial charge on any atom is -0.485 e. The molecule has 2 atom stereocenters. The zero-order valence-corrected chi connectivity index (χ0v) is 22.5. The van der Waals surface area contributed by atoms with E-state index in [-0.39, 0.29) is 17.7 Å². The van der Waals surface area contributed by atoms with Crippen LogP contribution >= 0.6 is 0 Å². The van der Waals surface area contributed by atoms with Gasteiger partial charge in [0.1, 0.15) is 6.61 Å². The number of hydrogen-bond acceptors (Lipinski definition) is 4. The molecule has 2 bridgehead atoms. The summed E-state index contributed by atoms with van der Waals surface area (Å²) in [5, 5.41) is 3.00. The minimum absolute atomic E-state index is 0.0263. The molecule has 6 nitrogen and oxygen atoms in total. The summed E-state index contributed by atoms with van der Waals surface area (Å²) in [6.07, 6.45) is 1.77. The van der Waals surface area contributed by atoms with Crippen molar-refractivity contribution < 1.29 is 19.1 Å². The molecule has 2 amide bonds. The van der Waals surface area contributed by atoms with Crippen LogP contribution in [0.15, 0.2) is 103 Å². The maximum atomic E-state index is 13.5. The summed E-state index contributed by atoms with van der Waals surface area (Å²) in [6, 6.07) is 33.2. The van der Waals surface area contributed by atoms with E-state index in [0.717, 1.165) is 17.5 Å². The molecule has 0 aromatic heterocycles. The fourth-order valence-electron chi connectivity index (χ4n) is 5.80. The van der Waals surface area contributed by atoms with Crippen LogP contribution in [0.25, 0.3) is 0 Å². The molecule has 1 saturated heterocycles. The summed E-state index contributed by atoms with van der Waals surface area (Å²) in [5.74, 6) is 1.18. The van der Waals surface area contributed by atoms with Gasteiger partial charge in [-0.25, -0.2) is 0 Å². The van der Waals surface area contributed by atoms with Crippen LogP contribution in [0.1, 0.15) is 52.7 Å². The quantitative estimate of drug-likeness (QED) is 0.291. The Kier molecular flexibility index (Phi) is 6.99. The molecular weight excluding hydrogens is 500 g/mol. The predicted molar refractivity (Wildman–Crippen MR) is 155 cm³/mol. The van der Waals surface area contributed by atoms with E-state index in [1.807, 2.05) is 97.9 Å². The average molecular weight is 533 g/mol. The molecule has 0 aliphatic carbocycles. The van der Waals surface area contributed by atoms with Gasteiger partial charge in [0.15, 0.2) is 17.2 Å². The van der Waals surface area contributed by atoms with Crippen LogP contribution in [0.4, 0.5) is 5.69 Å². The van der Waals surface area contributed by atoms with Crippen LogP contribution in [-0.4, -0.2) is 24.1 Å². The van der Waals surface area contributed by atoms with Crippen molar-refractivity contribution in [2.24, 2.45) is 0 Å². The molecular formula is C34H32N2O4. The molecule has 6 rings (SSSR count). The number of hydrogen-bond donors (Lipinski definition) is 1. The van der Waals surface area contributed by atoms with Gasteiger partial charge in [0.25, 0.3) is 5.91 Å². The van der Waals surface area contributed by atoms with E-state index in [9.17, 15) is 9.59 Å². The zero-order valence-electron chi connectivity index (χ0n) is 22.5. The number of piperidine rings is 1. The van der Waals surface area contributed by atoms with Crippen molar-refractivity contribution in [3.8, 4) is 11.5 Å². The van der Waals surface area contributed by atoms with Crippen LogP contribution in [0, 0.1) is 0 Å². The highest BCUT2D eigenvalue weighted by Crippen LogP contribution is 2.52. The molecule has 6 heteroatoms. The lowest BCUT2D eigenvalue weighted by Gasteiger charge is -2.50. The first kappa shape index (κ1) is 25.7. The van der Waals surface area contributed by atoms with Crippen LogP contribution < -0.4 is 19.7 Å². The van der Waals surface area contributed by atoms with Gasteiger partial charge in [-0.15, -0.1) is 0 Å². The molecule has 40 heavy (non-hydrogen) atoms. The standard InChI is InChI=1S/C34H32N2O4/c1-34-22-27(29-16-9-17-30(32(29)40-34)39-23-25-12-6-3-7-13-25)21-31(37)36(34)28-15-8-14-26(20-28)33(38)35-19-18-24-10-4-2-5-11-24/h2-17,20,27H,18-19,21-23H2,1H3,(H,35,38). The highest BCUT2D eigenvalue weighted by atomic mass is 16.5. The largest absolute Gasteiger partial charge is 0.485 e. The van der Waals surface area contributed by atoms with E-state index in [1.54, 1.807) is 17.0 Å². The van der Waals surface area contributed by atoms with Gasteiger partial charge in [-0.1, -0.05) is 78.9 Å². The van der Waals surface area contributed by atoms with E-state index < -0.39 is 5.72 Å². The zero-order chi connectivity index (χ0) is 27.5. The second kappa shape index (κ2) is 10.9. The number of nitrogens with zero attached hydrogens (tertiary/aromatic N) is 1. The van der Waals surface area contributed by atoms with Crippen LogP contribution in [0.3, 0.4) is 0 Å². The van der Waals surface area contributed by atoms with Gasteiger partial charge in [-0.3, -0.25) is 14.5 Å². The molecule has 0 saturated carbocycles. The Morgan fingerprint density at radius 2 is 1.68 bits per heavy atom. The summed E-state index contributed by atoms with van der Waals surface area (Å²) < 4.78 is 12.8. The lowest BCUT2D eigenvalue weighted by molar-refractivity contribution is -0.127. The van der Waals surface area contributed by atoms with Gasteiger partial charge in [-0.2, -0.15) is 0 Å². The number of fused-ring (bicyclic) bond motifs is 4. The number of anilines is 1. The average Bonchev–Trinajstić information content (AvgIpc) is 2.97. The molecule has 2 unspecified atom stereocenters. The third kappa shape index (κ3) is 5.17.